The predicted molar refractivity (Wildman–Crippen MR) is 363 cm³/mol. The molecule has 0 amide bonds. The van der Waals surface area contributed by atoms with Crippen molar-refractivity contribution >= 4 is 19.8 Å². The summed E-state index contributed by atoms with van der Waals surface area (Å²) in [7, 11) is -4.40. The highest BCUT2D eigenvalue weighted by Gasteiger charge is 2.26. The van der Waals surface area contributed by atoms with Crippen molar-refractivity contribution in [2.24, 2.45) is 5.73 Å². The van der Waals surface area contributed by atoms with Gasteiger partial charge in [-0.15, -0.1) is 0 Å². The SMILES string of the molecule is CC/C=C\C/C=C\C/C=C\C/C=C\C/C=C\CCCCCCCCCCCC(=O)OC(COC(=O)CCCCCCCCCCCCCCCCCCCCCCCCCCCCCCCCCCCCCCCC)COP(=O)(O)OCCN. The topological polar surface area (TPSA) is 134 Å². The van der Waals surface area contributed by atoms with Crippen LogP contribution in [0.4, 0.5) is 0 Å². The third-order valence-electron chi connectivity index (χ3n) is 16.2. The molecular formula is C74H138NO8P. The molecule has 0 radical (unpaired) electrons. The normalized spacial score (nSPS) is 13.2. The monoisotopic (exact) mass is 1200 g/mol. The summed E-state index contributed by atoms with van der Waals surface area (Å²) >= 11 is 0. The molecule has 2 atom stereocenters. The van der Waals surface area contributed by atoms with Gasteiger partial charge in [-0.1, -0.05) is 357 Å². The Morgan fingerprint density at radius 1 is 0.369 bits per heavy atom. The van der Waals surface area contributed by atoms with Gasteiger partial charge in [-0.05, 0) is 57.8 Å². The lowest BCUT2D eigenvalue weighted by atomic mass is 10.0. The number of hydrogen-bond donors (Lipinski definition) is 2. The zero-order valence-corrected chi connectivity index (χ0v) is 56.3. The maximum Gasteiger partial charge on any atom is 0.472 e. The number of unbranched alkanes of at least 4 members (excludes halogenated alkanes) is 46. The van der Waals surface area contributed by atoms with E-state index in [4.69, 9.17) is 24.3 Å². The van der Waals surface area contributed by atoms with E-state index in [0.717, 1.165) is 77.0 Å². The molecule has 0 saturated heterocycles. The van der Waals surface area contributed by atoms with E-state index in [-0.39, 0.29) is 38.6 Å². The zero-order valence-electron chi connectivity index (χ0n) is 55.4. The predicted octanol–water partition coefficient (Wildman–Crippen LogP) is 23.8. The van der Waals surface area contributed by atoms with Crippen molar-refractivity contribution in [1.29, 1.82) is 0 Å². The van der Waals surface area contributed by atoms with Crippen molar-refractivity contribution < 1.29 is 37.6 Å². The van der Waals surface area contributed by atoms with Crippen LogP contribution in [0.2, 0.25) is 0 Å². The Morgan fingerprint density at radius 2 is 0.655 bits per heavy atom. The van der Waals surface area contributed by atoms with E-state index in [1.165, 1.54) is 257 Å². The van der Waals surface area contributed by atoms with E-state index in [2.05, 4.69) is 74.6 Å². The van der Waals surface area contributed by atoms with Crippen LogP contribution in [-0.4, -0.2) is 49.3 Å². The van der Waals surface area contributed by atoms with E-state index in [1.54, 1.807) is 0 Å². The van der Waals surface area contributed by atoms with Gasteiger partial charge < -0.3 is 20.1 Å². The smallest absolute Gasteiger partial charge is 0.462 e. The first-order valence-electron chi connectivity index (χ1n) is 36.3. The molecular weight excluding hydrogens is 1060 g/mol. The Morgan fingerprint density at radius 3 is 0.976 bits per heavy atom. The molecule has 84 heavy (non-hydrogen) atoms. The van der Waals surface area contributed by atoms with Crippen molar-refractivity contribution in [3.63, 3.8) is 0 Å². The van der Waals surface area contributed by atoms with Gasteiger partial charge in [-0.2, -0.15) is 0 Å². The molecule has 9 nitrogen and oxygen atoms in total. The highest BCUT2D eigenvalue weighted by molar-refractivity contribution is 7.47. The quantitative estimate of drug-likeness (QED) is 0.0264. The molecule has 2 unspecified atom stereocenters. The summed E-state index contributed by atoms with van der Waals surface area (Å²) in [6, 6.07) is 0. The van der Waals surface area contributed by atoms with Gasteiger partial charge in [-0.25, -0.2) is 4.57 Å². The van der Waals surface area contributed by atoms with E-state index in [9.17, 15) is 19.0 Å². The minimum atomic E-state index is -4.40. The fraction of sp³-hybridized carbons (Fsp3) is 0.838. The summed E-state index contributed by atoms with van der Waals surface area (Å²) in [5, 5.41) is 0. The van der Waals surface area contributed by atoms with Gasteiger partial charge in [0.25, 0.3) is 0 Å². The molecule has 0 rings (SSSR count). The average molecular weight is 1200 g/mol. The minimum Gasteiger partial charge on any atom is -0.462 e. The molecule has 0 bridgehead atoms. The number of nitrogens with two attached hydrogens (primary N) is 1. The number of hydrogen-bond acceptors (Lipinski definition) is 8. The Bertz CT molecular complexity index is 1560. The van der Waals surface area contributed by atoms with E-state index in [0.29, 0.717) is 6.42 Å². The first-order chi connectivity index (χ1) is 41.3. The Hall–Kier alpha value is -2.29. The maximum absolute atomic E-state index is 12.8. The molecule has 0 spiro atoms. The summed E-state index contributed by atoms with van der Waals surface area (Å²) < 4.78 is 33.2. The van der Waals surface area contributed by atoms with Crippen molar-refractivity contribution in [2.75, 3.05) is 26.4 Å². The summed E-state index contributed by atoms with van der Waals surface area (Å²) in [5.74, 6) is -0.820. The van der Waals surface area contributed by atoms with Crippen molar-refractivity contribution in [2.45, 2.75) is 373 Å². The van der Waals surface area contributed by atoms with Crippen LogP contribution in [0, 0.1) is 0 Å². The van der Waals surface area contributed by atoms with Crippen LogP contribution in [0.1, 0.15) is 367 Å². The highest BCUT2D eigenvalue weighted by atomic mass is 31.2. The Balaban J connectivity index is 3.78. The van der Waals surface area contributed by atoms with Gasteiger partial charge in [0.2, 0.25) is 0 Å². The molecule has 0 aromatic carbocycles. The van der Waals surface area contributed by atoms with Gasteiger partial charge in [0, 0.05) is 19.4 Å². The van der Waals surface area contributed by atoms with Crippen LogP contribution in [0.5, 0.6) is 0 Å². The van der Waals surface area contributed by atoms with Crippen LogP contribution >= 0.6 is 7.82 Å². The number of phosphoric ester groups is 1. The van der Waals surface area contributed by atoms with Crippen molar-refractivity contribution in [3.8, 4) is 0 Å². The number of esters is 2. The lowest BCUT2D eigenvalue weighted by Crippen LogP contribution is -2.29. The minimum absolute atomic E-state index is 0.0517. The number of carbonyl (C=O) groups excluding carboxylic acids is 2. The van der Waals surface area contributed by atoms with Gasteiger partial charge in [0.15, 0.2) is 6.10 Å². The zero-order chi connectivity index (χ0) is 60.9. The fourth-order valence-electron chi connectivity index (χ4n) is 10.8. The van der Waals surface area contributed by atoms with E-state index in [1.807, 2.05) is 0 Å². The van der Waals surface area contributed by atoms with Gasteiger partial charge in [0.1, 0.15) is 6.61 Å². The molecule has 0 heterocycles. The van der Waals surface area contributed by atoms with Gasteiger partial charge >= 0.3 is 19.8 Å². The molecule has 0 aromatic rings. The molecule has 10 heteroatoms. The van der Waals surface area contributed by atoms with Crippen LogP contribution in [0.25, 0.3) is 0 Å². The molecule has 0 aromatic heterocycles. The molecule has 492 valence electrons. The van der Waals surface area contributed by atoms with Crippen molar-refractivity contribution in [1.82, 2.24) is 0 Å². The molecule has 0 aliphatic rings. The second-order valence-corrected chi connectivity index (χ2v) is 25.9. The van der Waals surface area contributed by atoms with Gasteiger partial charge in [0.05, 0.1) is 13.2 Å². The second kappa shape index (κ2) is 69.8. The first kappa shape index (κ1) is 81.7. The maximum atomic E-state index is 12.8. The van der Waals surface area contributed by atoms with Crippen LogP contribution < -0.4 is 5.73 Å². The van der Waals surface area contributed by atoms with E-state index < -0.39 is 26.5 Å². The fourth-order valence-corrected chi connectivity index (χ4v) is 11.6. The molecule has 3 N–H and O–H groups in total. The van der Waals surface area contributed by atoms with Crippen molar-refractivity contribution in [3.05, 3.63) is 60.8 Å². The second-order valence-electron chi connectivity index (χ2n) is 24.4. The molecule has 0 fully saturated rings. The highest BCUT2D eigenvalue weighted by Crippen LogP contribution is 2.43. The number of rotatable bonds is 69. The summed E-state index contributed by atoms with van der Waals surface area (Å²) in [4.78, 5) is 35.4. The van der Waals surface area contributed by atoms with Gasteiger partial charge in [-0.3, -0.25) is 18.6 Å². The van der Waals surface area contributed by atoms with E-state index >= 15 is 0 Å². The standard InChI is InChI=1S/C74H138NO8P/c1-3-5-7-9-11-13-15-17-19-21-23-25-27-29-30-31-32-33-34-35-36-37-38-39-40-41-43-44-46-48-50-52-54-56-58-60-62-64-66-73(76)80-70-72(71-82-84(78,79)81-69-68-75)83-74(77)67-65-63-61-59-57-55-53-51-49-47-45-42-28-26-24-22-20-18-16-14-12-10-8-6-4-2/h6,8,12,14,18,20,24,26,42,45,72H,3-5,7,9-11,13,15-17,19,21-23,25,27-41,43-44,46-71,75H2,1-2H3,(H,78,79)/b8-6-,14-12-,20-18-,26-24-,45-42-. The van der Waals surface area contributed by atoms with Crippen LogP contribution in [0.3, 0.4) is 0 Å². The van der Waals surface area contributed by atoms with Crippen LogP contribution in [0.15, 0.2) is 60.8 Å². The first-order valence-corrected chi connectivity index (χ1v) is 37.8. The summed E-state index contributed by atoms with van der Waals surface area (Å²) in [6.07, 6.45) is 90.6. The lowest BCUT2D eigenvalue weighted by molar-refractivity contribution is -0.161. The Kier molecular flexibility index (Phi) is 67.9. The molecule has 0 aliphatic carbocycles. The number of carbonyl (C=O) groups is 2. The average Bonchev–Trinajstić information content (AvgIpc) is 3.55. The summed E-state index contributed by atoms with van der Waals surface area (Å²) in [5.41, 5.74) is 5.40. The number of allylic oxidation sites excluding steroid dienone is 10. The summed E-state index contributed by atoms with van der Waals surface area (Å²) in [6.45, 7) is 3.68. The lowest BCUT2D eigenvalue weighted by Gasteiger charge is -2.19. The Labute approximate surface area is 520 Å². The molecule has 0 saturated carbocycles. The third-order valence-corrected chi connectivity index (χ3v) is 17.2. The number of ether oxygens (including phenoxy) is 2. The number of phosphoric acid groups is 1. The third kappa shape index (κ3) is 68.8. The largest absolute Gasteiger partial charge is 0.472 e. The molecule has 0 aliphatic heterocycles. The van der Waals surface area contributed by atoms with Crippen LogP contribution in [-0.2, 0) is 32.7 Å².